The Morgan fingerprint density at radius 2 is 1.36 bits per heavy atom. The fourth-order valence-electron chi connectivity index (χ4n) is 2.27. The maximum absolute atomic E-state index is 11.3. The summed E-state index contributed by atoms with van der Waals surface area (Å²) in [5.74, 6) is -0.303. The van der Waals surface area contributed by atoms with E-state index in [4.69, 9.17) is 4.74 Å². The van der Waals surface area contributed by atoms with Gasteiger partial charge in [0.15, 0.2) is 0 Å². The predicted molar refractivity (Wildman–Crippen MR) is 85.0 cm³/mol. The third-order valence-corrected chi connectivity index (χ3v) is 3.53. The van der Waals surface area contributed by atoms with Crippen molar-refractivity contribution in [3.05, 3.63) is 10.1 Å². The number of nitrogens with zero attached hydrogens (tertiary/aromatic N) is 1. The van der Waals surface area contributed by atoms with Gasteiger partial charge in [-0.2, -0.15) is 0 Å². The van der Waals surface area contributed by atoms with Gasteiger partial charge in [-0.1, -0.05) is 71.1 Å². The van der Waals surface area contributed by atoms with E-state index < -0.39 is 5.09 Å². The van der Waals surface area contributed by atoms with Crippen LogP contribution in [0, 0.1) is 10.1 Å². The normalized spacial score (nSPS) is 10.4. The van der Waals surface area contributed by atoms with Crippen molar-refractivity contribution in [2.75, 3.05) is 13.2 Å². The van der Waals surface area contributed by atoms with E-state index in [2.05, 4.69) is 11.8 Å². The molecule has 0 aromatic carbocycles. The molecule has 22 heavy (non-hydrogen) atoms. The zero-order chi connectivity index (χ0) is 16.5. The molecule has 6 heteroatoms. The van der Waals surface area contributed by atoms with Crippen LogP contribution in [-0.4, -0.2) is 24.3 Å². The van der Waals surface area contributed by atoms with E-state index in [1.165, 1.54) is 51.4 Å². The molecule has 0 aromatic rings. The van der Waals surface area contributed by atoms with Crippen LogP contribution in [0.3, 0.4) is 0 Å². The minimum atomic E-state index is -0.891. The molecule has 0 N–H and O–H groups in total. The average Bonchev–Trinajstić information content (AvgIpc) is 2.49. The summed E-state index contributed by atoms with van der Waals surface area (Å²) in [5, 5.41) is 8.98. The maximum atomic E-state index is 11.3. The number of ether oxygens (including phenoxy) is 1. The van der Waals surface area contributed by atoms with Crippen LogP contribution in [-0.2, 0) is 14.4 Å². The molecule has 0 spiro atoms. The zero-order valence-electron chi connectivity index (χ0n) is 13.9. The molecule has 0 aromatic heterocycles. The number of hydrogen-bond acceptors (Lipinski definition) is 5. The molecule has 0 radical (unpaired) electrons. The molecule has 0 unspecified atom stereocenters. The third-order valence-electron chi connectivity index (χ3n) is 3.53. The fourth-order valence-corrected chi connectivity index (χ4v) is 2.27. The Labute approximate surface area is 133 Å². The fraction of sp³-hybridized carbons (Fsp3) is 0.938. The number of rotatable bonds is 16. The summed E-state index contributed by atoms with van der Waals surface area (Å²) in [6.45, 7) is 1.98. The molecule has 0 atom stereocenters. The van der Waals surface area contributed by atoms with E-state index in [-0.39, 0.29) is 19.2 Å². The first kappa shape index (κ1) is 20.7. The van der Waals surface area contributed by atoms with Gasteiger partial charge < -0.3 is 9.57 Å². The lowest BCUT2D eigenvalue weighted by molar-refractivity contribution is -0.757. The molecule has 0 bridgehead atoms. The highest BCUT2D eigenvalue weighted by atomic mass is 17.0. The van der Waals surface area contributed by atoms with Crippen molar-refractivity contribution in [3.8, 4) is 0 Å². The quantitative estimate of drug-likeness (QED) is 0.182. The first-order valence-corrected chi connectivity index (χ1v) is 8.59. The minimum absolute atomic E-state index is 0.0577. The Kier molecular flexibility index (Phi) is 15.1. The van der Waals surface area contributed by atoms with Gasteiger partial charge >= 0.3 is 5.97 Å². The lowest BCUT2D eigenvalue weighted by Gasteiger charge is -2.04. The zero-order valence-corrected chi connectivity index (χ0v) is 13.9. The second kappa shape index (κ2) is 16.0. The van der Waals surface area contributed by atoms with Crippen molar-refractivity contribution in [1.29, 1.82) is 0 Å². The Bertz CT molecular complexity index is 284. The van der Waals surface area contributed by atoms with Crippen LogP contribution in [0.5, 0.6) is 0 Å². The first-order chi connectivity index (χ1) is 10.7. The maximum Gasteiger partial charge on any atom is 0.305 e. The summed E-state index contributed by atoms with van der Waals surface area (Å²) in [6.07, 6.45) is 14.0. The lowest BCUT2D eigenvalue weighted by Crippen LogP contribution is -2.12. The highest BCUT2D eigenvalue weighted by Crippen LogP contribution is 2.12. The van der Waals surface area contributed by atoms with Gasteiger partial charge in [-0.05, 0) is 6.42 Å². The van der Waals surface area contributed by atoms with E-state index in [1.807, 2.05) is 0 Å². The molecular formula is C16H31NO5. The average molecular weight is 317 g/mol. The van der Waals surface area contributed by atoms with Gasteiger partial charge in [-0.15, -0.1) is 10.1 Å². The van der Waals surface area contributed by atoms with Crippen LogP contribution >= 0.6 is 0 Å². The van der Waals surface area contributed by atoms with Crippen LogP contribution in [0.15, 0.2) is 0 Å². The molecule has 0 fully saturated rings. The van der Waals surface area contributed by atoms with Gasteiger partial charge in [0.25, 0.3) is 5.09 Å². The summed E-state index contributed by atoms with van der Waals surface area (Å²) < 4.78 is 4.82. The van der Waals surface area contributed by atoms with Crippen molar-refractivity contribution in [3.63, 3.8) is 0 Å². The van der Waals surface area contributed by atoms with Crippen LogP contribution in [0.1, 0.15) is 84.0 Å². The first-order valence-electron chi connectivity index (χ1n) is 8.59. The van der Waals surface area contributed by atoms with Gasteiger partial charge in [-0.25, -0.2) is 0 Å². The number of carbonyl (C=O) groups is 1. The van der Waals surface area contributed by atoms with Gasteiger partial charge in [0.05, 0.1) is 0 Å². The highest BCUT2D eigenvalue weighted by molar-refractivity contribution is 5.69. The standard InChI is InChI=1S/C16H31NO5/c1-2-3-4-5-6-7-8-9-10-11-12-13-16(18)21-14-15-22-17(19)20/h2-15H2,1H3. The molecule has 6 nitrogen and oxygen atoms in total. The molecule has 0 rings (SSSR count). The summed E-state index contributed by atoms with van der Waals surface area (Å²) in [6, 6.07) is 0. The lowest BCUT2D eigenvalue weighted by atomic mass is 10.1. The smallest absolute Gasteiger partial charge is 0.305 e. The van der Waals surface area contributed by atoms with Gasteiger partial charge in [-0.3, -0.25) is 4.79 Å². The molecule has 0 saturated heterocycles. The number of hydrogen-bond donors (Lipinski definition) is 0. The summed E-state index contributed by atoms with van der Waals surface area (Å²) >= 11 is 0. The molecule has 130 valence electrons. The molecule has 0 aliphatic heterocycles. The van der Waals surface area contributed by atoms with E-state index in [0.29, 0.717) is 6.42 Å². The van der Waals surface area contributed by atoms with Crippen molar-refractivity contribution < 1.29 is 19.5 Å². The second-order valence-electron chi connectivity index (χ2n) is 5.56. The molecule has 0 saturated carbocycles. The Morgan fingerprint density at radius 3 is 1.86 bits per heavy atom. The molecular weight excluding hydrogens is 286 g/mol. The Hall–Kier alpha value is -1.33. The van der Waals surface area contributed by atoms with Crippen molar-refractivity contribution in [2.45, 2.75) is 84.0 Å². The Balaban J connectivity index is 3.15. The van der Waals surface area contributed by atoms with Gasteiger partial charge in [0.2, 0.25) is 0 Å². The van der Waals surface area contributed by atoms with Crippen molar-refractivity contribution in [1.82, 2.24) is 0 Å². The van der Waals surface area contributed by atoms with Crippen LogP contribution in [0.25, 0.3) is 0 Å². The van der Waals surface area contributed by atoms with Crippen molar-refractivity contribution in [2.24, 2.45) is 0 Å². The van der Waals surface area contributed by atoms with Crippen LogP contribution < -0.4 is 0 Å². The number of carbonyl (C=O) groups excluding carboxylic acids is 1. The predicted octanol–water partition coefficient (Wildman–Crippen LogP) is 4.44. The van der Waals surface area contributed by atoms with Gasteiger partial charge in [0, 0.05) is 6.42 Å². The van der Waals surface area contributed by atoms with E-state index >= 15 is 0 Å². The van der Waals surface area contributed by atoms with Crippen molar-refractivity contribution >= 4 is 5.97 Å². The molecule has 0 heterocycles. The van der Waals surface area contributed by atoms with E-state index in [0.717, 1.165) is 19.3 Å². The summed E-state index contributed by atoms with van der Waals surface area (Å²) in [4.78, 5) is 25.2. The summed E-state index contributed by atoms with van der Waals surface area (Å²) in [7, 11) is 0. The molecule has 0 aliphatic rings. The minimum Gasteiger partial charge on any atom is -0.464 e. The number of esters is 1. The monoisotopic (exact) mass is 317 g/mol. The van der Waals surface area contributed by atoms with Crippen LogP contribution in [0.2, 0.25) is 0 Å². The van der Waals surface area contributed by atoms with E-state index in [1.54, 1.807) is 0 Å². The SMILES string of the molecule is CCCCCCCCCCCCCC(=O)OCCO[N+](=O)[O-]. The highest BCUT2D eigenvalue weighted by Gasteiger charge is 2.03. The molecule has 0 aliphatic carbocycles. The third kappa shape index (κ3) is 16.7. The largest absolute Gasteiger partial charge is 0.464 e. The Morgan fingerprint density at radius 1 is 0.864 bits per heavy atom. The van der Waals surface area contributed by atoms with E-state index in [9.17, 15) is 14.9 Å². The topological polar surface area (TPSA) is 78.7 Å². The second-order valence-corrected chi connectivity index (χ2v) is 5.56. The van der Waals surface area contributed by atoms with Crippen LogP contribution in [0.4, 0.5) is 0 Å². The van der Waals surface area contributed by atoms with Gasteiger partial charge in [0.1, 0.15) is 13.2 Å². The molecule has 0 amide bonds. The number of unbranched alkanes of at least 4 members (excludes halogenated alkanes) is 10. The summed E-state index contributed by atoms with van der Waals surface area (Å²) in [5.41, 5.74) is 0.